The van der Waals surface area contributed by atoms with Gasteiger partial charge in [0.05, 0.1) is 18.7 Å². The molecule has 108 valence electrons. The Labute approximate surface area is 112 Å². The predicted molar refractivity (Wildman–Crippen MR) is 68.8 cm³/mol. The molecule has 0 aromatic carbocycles. The smallest absolute Gasteiger partial charge is 0.307 e. The summed E-state index contributed by atoms with van der Waals surface area (Å²) in [4.78, 5) is 11.0. The minimum absolute atomic E-state index is 0.0354. The molecule has 0 spiro atoms. The molecular weight excluding hydrogens is 272 g/mol. The van der Waals surface area contributed by atoms with Crippen molar-refractivity contribution < 1.29 is 17.9 Å². The molecule has 0 aliphatic carbocycles. The van der Waals surface area contributed by atoms with Gasteiger partial charge >= 0.3 is 5.97 Å². The van der Waals surface area contributed by atoms with Gasteiger partial charge in [-0.05, 0) is 13.8 Å². The third kappa shape index (κ3) is 3.67. The summed E-state index contributed by atoms with van der Waals surface area (Å²) >= 11 is 0. The normalized spacial score (nSPS) is 11.5. The Morgan fingerprint density at radius 3 is 2.63 bits per heavy atom. The Morgan fingerprint density at radius 1 is 1.53 bits per heavy atom. The average Bonchev–Trinajstić information content (AvgIpc) is 2.53. The van der Waals surface area contributed by atoms with Gasteiger partial charge in [-0.2, -0.15) is 5.10 Å². The number of hydrogen-bond acceptors (Lipinski definition) is 6. The van der Waals surface area contributed by atoms with Crippen molar-refractivity contribution in [3.05, 3.63) is 5.69 Å². The summed E-state index contributed by atoms with van der Waals surface area (Å²) in [6.45, 7) is 3.50. The fraction of sp³-hybridized carbons (Fsp3) is 0.600. The summed E-state index contributed by atoms with van der Waals surface area (Å²) in [6, 6.07) is 0. The number of carbonyl (C=O) groups is 1. The number of nitrogens with one attached hydrogen (secondary N) is 1. The average molecular weight is 290 g/mol. The number of hydrogen-bond donors (Lipinski definition) is 2. The SMILES string of the molecule is CCOC(=O)CCNS(=O)(=O)c1c(N)nn(C)c1C. The van der Waals surface area contributed by atoms with E-state index in [1.165, 1.54) is 4.68 Å². The Hall–Kier alpha value is -1.61. The number of esters is 1. The Kier molecular flexibility index (Phi) is 4.90. The van der Waals surface area contributed by atoms with Crippen LogP contribution in [0.25, 0.3) is 0 Å². The second-order valence-corrected chi connectivity index (χ2v) is 5.58. The number of sulfonamides is 1. The van der Waals surface area contributed by atoms with E-state index in [1.807, 2.05) is 0 Å². The van der Waals surface area contributed by atoms with Gasteiger partial charge in [0.2, 0.25) is 10.0 Å². The number of nitrogen functional groups attached to an aromatic ring is 1. The molecule has 0 aliphatic heterocycles. The van der Waals surface area contributed by atoms with Crippen molar-refractivity contribution in [1.82, 2.24) is 14.5 Å². The molecule has 0 saturated heterocycles. The van der Waals surface area contributed by atoms with Crippen molar-refractivity contribution in [2.45, 2.75) is 25.2 Å². The number of rotatable bonds is 6. The maximum Gasteiger partial charge on any atom is 0.307 e. The molecule has 19 heavy (non-hydrogen) atoms. The highest BCUT2D eigenvalue weighted by molar-refractivity contribution is 7.89. The lowest BCUT2D eigenvalue weighted by Crippen LogP contribution is -2.27. The highest BCUT2D eigenvalue weighted by atomic mass is 32.2. The van der Waals surface area contributed by atoms with Crippen molar-refractivity contribution in [1.29, 1.82) is 0 Å². The van der Waals surface area contributed by atoms with Crippen LogP contribution in [0.15, 0.2) is 4.90 Å². The van der Waals surface area contributed by atoms with Crippen LogP contribution in [0, 0.1) is 6.92 Å². The van der Waals surface area contributed by atoms with Gasteiger partial charge in [-0.3, -0.25) is 9.48 Å². The maximum absolute atomic E-state index is 12.0. The zero-order valence-electron chi connectivity index (χ0n) is 11.1. The highest BCUT2D eigenvalue weighted by Gasteiger charge is 2.24. The number of nitrogens with two attached hydrogens (primary N) is 1. The minimum Gasteiger partial charge on any atom is -0.466 e. The second-order valence-electron chi connectivity index (χ2n) is 3.88. The zero-order valence-corrected chi connectivity index (χ0v) is 12.0. The van der Waals surface area contributed by atoms with Crippen LogP contribution < -0.4 is 10.5 Å². The van der Waals surface area contributed by atoms with Crippen LogP contribution in [-0.2, 0) is 26.6 Å². The number of carbonyl (C=O) groups excluding carboxylic acids is 1. The summed E-state index contributed by atoms with van der Waals surface area (Å²) < 4.78 is 32.4. The maximum atomic E-state index is 12.0. The fourth-order valence-corrected chi connectivity index (χ4v) is 2.89. The second kappa shape index (κ2) is 6.02. The van der Waals surface area contributed by atoms with Crippen molar-refractivity contribution in [3.8, 4) is 0 Å². The molecule has 1 aromatic heterocycles. The van der Waals surface area contributed by atoms with Gasteiger partial charge in [-0.1, -0.05) is 0 Å². The predicted octanol–water partition coefficient (Wildman–Crippen LogP) is -0.458. The van der Waals surface area contributed by atoms with Gasteiger partial charge in [0.1, 0.15) is 4.90 Å². The quantitative estimate of drug-likeness (QED) is 0.685. The molecule has 0 atom stereocenters. The molecule has 9 heteroatoms. The van der Waals surface area contributed by atoms with Crippen LogP contribution in [0.3, 0.4) is 0 Å². The number of nitrogens with zero attached hydrogens (tertiary/aromatic N) is 2. The summed E-state index contributed by atoms with van der Waals surface area (Å²) in [5, 5.41) is 3.83. The molecule has 1 heterocycles. The molecule has 0 fully saturated rings. The Bertz CT molecular complexity index is 564. The third-order valence-electron chi connectivity index (χ3n) is 2.50. The lowest BCUT2D eigenvalue weighted by atomic mass is 10.4. The van der Waals surface area contributed by atoms with Crippen LogP contribution >= 0.6 is 0 Å². The number of aryl methyl sites for hydroxylation is 1. The summed E-state index contributed by atoms with van der Waals surface area (Å²) in [5.74, 6) is -0.523. The monoisotopic (exact) mass is 290 g/mol. The zero-order chi connectivity index (χ0) is 14.6. The van der Waals surface area contributed by atoms with Crippen molar-refractivity contribution in [3.63, 3.8) is 0 Å². The first-order valence-corrected chi connectivity index (χ1v) is 7.22. The standard InChI is InChI=1S/C10H18N4O4S/c1-4-18-8(15)5-6-12-19(16,17)9-7(2)14(3)13-10(9)11/h12H,4-6H2,1-3H3,(H2,11,13). The van der Waals surface area contributed by atoms with E-state index in [2.05, 4.69) is 9.82 Å². The highest BCUT2D eigenvalue weighted by Crippen LogP contribution is 2.20. The molecule has 0 amide bonds. The molecule has 0 unspecified atom stereocenters. The Morgan fingerprint density at radius 2 is 2.16 bits per heavy atom. The van der Waals surface area contributed by atoms with Gasteiger partial charge in [0.25, 0.3) is 0 Å². The molecule has 8 nitrogen and oxygen atoms in total. The summed E-state index contributed by atoms with van der Waals surface area (Å²) in [6.07, 6.45) is -0.0354. The molecule has 3 N–H and O–H groups in total. The first-order chi connectivity index (χ1) is 8.79. The van der Waals surface area contributed by atoms with E-state index in [0.29, 0.717) is 5.69 Å². The van der Waals surface area contributed by atoms with E-state index in [4.69, 9.17) is 10.5 Å². The van der Waals surface area contributed by atoms with Crippen LogP contribution in [0.1, 0.15) is 19.0 Å². The molecule has 0 saturated carbocycles. The first kappa shape index (κ1) is 15.4. The largest absolute Gasteiger partial charge is 0.466 e. The molecule has 0 bridgehead atoms. The molecule has 0 aliphatic rings. The summed E-state index contributed by atoms with van der Waals surface area (Å²) in [7, 11) is -2.18. The molecule has 0 radical (unpaired) electrons. The fourth-order valence-electron chi connectivity index (χ4n) is 1.54. The minimum atomic E-state index is -3.78. The van der Waals surface area contributed by atoms with Crippen LogP contribution in [-0.4, -0.2) is 37.3 Å². The number of ether oxygens (including phenoxy) is 1. The van der Waals surface area contributed by atoms with Gasteiger partial charge in [0, 0.05) is 13.6 Å². The Balaban J connectivity index is 2.74. The third-order valence-corrected chi connectivity index (χ3v) is 4.13. The van der Waals surface area contributed by atoms with E-state index in [-0.39, 0.29) is 30.3 Å². The van der Waals surface area contributed by atoms with Gasteiger partial charge in [-0.25, -0.2) is 13.1 Å². The van der Waals surface area contributed by atoms with Crippen molar-refractivity contribution >= 4 is 21.8 Å². The summed E-state index contributed by atoms with van der Waals surface area (Å²) in [5.41, 5.74) is 6.00. The lowest BCUT2D eigenvalue weighted by molar-refractivity contribution is -0.142. The molecule has 1 rings (SSSR count). The van der Waals surface area contributed by atoms with Gasteiger partial charge in [-0.15, -0.1) is 0 Å². The van der Waals surface area contributed by atoms with Crippen LogP contribution in [0.4, 0.5) is 5.82 Å². The van der Waals surface area contributed by atoms with E-state index >= 15 is 0 Å². The molecule has 1 aromatic rings. The van der Waals surface area contributed by atoms with E-state index in [0.717, 1.165) is 0 Å². The van der Waals surface area contributed by atoms with Gasteiger partial charge in [0.15, 0.2) is 5.82 Å². The first-order valence-electron chi connectivity index (χ1n) is 5.74. The van der Waals surface area contributed by atoms with Crippen LogP contribution in [0.2, 0.25) is 0 Å². The lowest BCUT2D eigenvalue weighted by Gasteiger charge is -2.06. The number of aromatic nitrogens is 2. The topological polar surface area (TPSA) is 116 Å². The van der Waals surface area contributed by atoms with Crippen molar-refractivity contribution in [2.24, 2.45) is 7.05 Å². The van der Waals surface area contributed by atoms with E-state index < -0.39 is 16.0 Å². The van der Waals surface area contributed by atoms with Crippen LogP contribution in [0.5, 0.6) is 0 Å². The molecular formula is C10H18N4O4S. The number of anilines is 1. The van der Waals surface area contributed by atoms with E-state index in [1.54, 1.807) is 20.9 Å². The van der Waals surface area contributed by atoms with Crippen molar-refractivity contribution in [2.75, 3.05) is 18.9 Å². The van der Waals surface area contributed by atoms with Gasteiger partial charge < -0.3 is 10.5 Å². The van der Waals surface area contributed by atoms with E-state index in [9.17, 15) is 13.2 Å².